The molecule has 0 atom stereocenters. The van der Waals surface area contributed by atoms with Crippen molar-refractivity contribution in [3.63, 3.8) is 0 Å². The van der Waals surface area contributed by atoms with Crippen molar-refractivity contribution in [3.8, 4) is 0 Å². The summed E-state index contributed by atoms with van der Waals surface area (Å²) in [5.74, 6) is -0.0518. The Balaban J connectivity index is 0. The molecule has 0 aromatic carbocycles. The number of nitrogens with one attached hydrogen (secondary N) is 1. The fourth-order valence-corrected chi connectivity index (χ4v) is 1.74. The molecule has 0 aliphatic rings. The third kappa shape index (κ3) is 5.85. The largest absolute Gasteiger partial charge is 0.317 e. The number of rotatable bonds is 1. The lowest BCUT2D eigenvalue weighted by Gasteiger charge is -2.13. The summed E-state index contributed by atoms with van der Waals surface area (Å²) >= 11 is 1.32. The molecule has 1 aromatic heterocycles. The van der Waals surface area contributed by atoms with Gasteiger partial charge in [0.15, 0.2) is 0 Å². The molecule has 0 bridgehead atoms. The van der Waals surface area contributed by atoms with Crippen LogP contribution in [0, 0.1) is 0 Å². The highest BCUT2D eigenvalue weighted by molar-refractivity contribution is 7.10. The number of hydrogen-bond donors (Lipinski definition) is 1. The van der Waals surface area contributed by atoms with Crippen LogP contribution in [-0.4, -0.2) is 10.3 Å². The van der Waals surface area contributed by atoms with Crippen LogP contribution in [0.5, 0.6) is 0 Å². The second-order valence-electron chi connectivity index (χ2n) is 4.71. The van der Waals surface area contributed by atoms with Crippen LogP contribution in [0.1, 0.15) is 55.1 Å². The normalized spacial score (nSPS) is 10.4. The van der Waals surface area contributed by atoms with Crippen molar-refractivity contribution >= 4 is 22.4 Å². The molecule has 0 saturated heterocycles. The molecule has 16 heavy (non-hydrogen) atoms. The van der Waals surface area contributed by atoms with E-state index in [0.717, 1.165) is 10.7 Å². The van der Waals surface area contributed by atoms with Gasteiger partial charge in [-0.15, -0.1) is 0 Å². The predicted octanol–water partition coefficient (Wildman–Crippen LogP) is 4.06. The van der Waals surface area contributed by atoms with E-state index in [1.165, 1.54) is 24.9 Å². The second kappa shape index (κ2) is 6.63. The molecule has 1 aromatic rings. The van der Waals surface area contributed by atoms with Gasteiger partial charge in [0, 0.05) is 13.8 Å². The van der Waals surface area contributed by atoms with Gasteiger partial charge in [0.25, 0.3) is 0 Å². The Kier molecular flexibility index (Phi) is 6.26. The summed E-state index contributed by atoms with van der Waals surface area (Å²) in [4.78, 5) is 10.7. The van der Waals surface area contributed by atoms with E-state index >= 15 is 0 Å². The maximum atomic E-state index is 10.7. The lowest BCUT2D eigenvalue weighted by molar-refractivity contribution is -0.114. The van der Waals surface area contributed by atoms with Crippen LogP contribution in [0.3, 0.4) is 0 Å². The van der Waals surface area contributed by atoms with E-state index in [1.54, 1.807) is 0 Å². The fourth-order valence-electron chi connectivity index (χ4n) is 0.861. The Bertz CT molecular complexity index is 331. The maximum Gasteiger partial charge on any atom is 0.221 e. The number of hydrogen-bond acceptors (Lipinski definition) is 3. The SMILES string of the molecule is CC(=O)Nc1cc(C(C)(C)C)ns1.CCC.[HH]. The van der Waals surface area contributed by atoms with E-state index in [0.29, 0.717) is 0 Å². The summed E-state index contributed by atoms with van der Waals surface area (Å²) < 4.78 is 4.27. The molecule has 0 unspecified atom stereocenters. The summed E-state index contributed by atoms with van der Waals surface area (Å²) in [5, 5.41) is 3.53. The van der Waals surface area contributed by atoms with Gasteiger partial charge in [-0.2, -0.15) is 4.37 Å². The molecule has 1 amide bonds. The quantitative estimate of drug-likeness (QED) is 0.809. The lowest BCUT2D eigenvalue weighted by Crippen LogP contribution is -2.11. The molecule has 4 heteroatoms. The number of carbonyl (C=O) groups is 1. The third-order valence-corrected chi connectivity index (χ3v) is 2.28. The molecule has 3 nitrogen and oxygen atoms in total. The summed E-state index contributed by atoms with van der Waals surface area (Å²) in [5.41, 5.74) is 1.06. The van der Waals surface area contributed by atoms with Crippen molar-refractivity contribution in [1.29, 1.82) is 0 Å². The van der Waals surface area contributed by atoms with Crippen LogP contribution < -0.4 is 5.32 Å². The van der Waals surface area contributed by atoms with Gasteiger partial charge in [0.1, 0.15) is 5.00 Å². The predicted molar refractivity (Wildman–Crippen MR) is 73.2 cm³/mol. The average molecular weight is 244 g/mol. The van der Waals surface area contributed by atoms with Gasteiger partial charge in [0.05, 0.1) is 5.69 Å². The standard InChI is InChI=1S/C9H14N2OS.C3H8.H2/c1-6(12)10-8-5-7(11-13-8)9(2,3)4;1-3-2;/h5H,1-4H3,(H,10,12);3H2,1-2H3;1H. The number of aromatic nitrogens is 1. The molecule has 94 valence electrons. The van der Waals surface area contributed by atoms with Crippen molar-refractivity contribution in [3.05, 3.63) is 11.8 Å². The van der Waals surface area contributed by atoms with Crippen molar-refractivity contribution in [2.45, 2.75) is 53.4 Å². The van der Waals surface area contributed by atoms with Crippen LogP contribution in [0.2, 0.25) is 0 Å². The molecule has 0 radical (unpaired) electrons. The van der Waals surface area contributed by atoms with E-state index in [4.69, 9.17) is 0 Å². The van der Waals surface area contributed by atoms with Gasteiger partial charge >= 0.3 is 0 Å². The Morgan fingerprint density at radius 2 is 2.00 bits per heavy atom. The molecular formula is C12H24N2OS. The summed E-state index contributed by atoms with van der Waals surface area (Å²) in [7, 11) is 0. The molecule has 0 saturated carbocycles. The van der Waals surface area contributed by atoms with E-state index in [2.05, 4.69) is 44.3 Å². The minimum atomic E-state index is -0.0518. The van der Waals surface area contributed by atoms with Gasteiger partial charge < -0.3 is 5.32 Å². The molecule has 0 aliphatic carbocycles. The van der Waals surface area contributed by atoms with Crippen LogP contribution in [0.15, 0.2) is 6.07 Å². The van der Waals surface area contributed by atoms with Gasteiger partial charge in [-0.3, -0.25) is 4.79 Å². The third-order valence-electron chi connectivity index (χ3n) is 1.58. The molecule has 0 fully saturated rings. The first-order valence-electron chi connectivity index (χ1n) is 5.56. The van der Waals surface area contributed by atoms with Crippen molar-refractivity contribution in [1.82, 2.24) is 4.37 Å². The van der Waals surface area contributed by atoms with E-state index < -0.39 is 0 Å². The van der Waals surface area contributed by atoms with Crippen molar-refractivity contribution in [2.24, 2.45) is 0 Å². The van der Waals surface area contributed by atoms with E-state index in [9.17, 15) is 4.79 Å². The zero-order valence-electron chi connectivity index (χ0n) is 11.0. The van der Waals surface area contributed by atoms with E-state index in [-0.39, 0.29) is 12.7 Å². The Labute approximate surface area is 104 Å². The fraction of sp³-hybridized carbons (Fsp3) is 0.667. The summed E-state index contributed by atoms with van der Waals surface area (Å²) in [6, 6.07) is 1.92. The molecule has 0 aliphatic heterocycles. The molecule has 1 N–H and O–H groups in total. The minimum Gasteiger partial charge on any atom is -0.317 e. The highest BCUT2D eigenvalue weighted by Crippen LogP contribution is 2.26. The molecule has 1 heterocycles. The van der Waals surface area contributed by atoms with Gasteiger partial charge in [-0.1, -0.05) is 41.0 Å². The van der Waals surface area contributed by atoms with Crippen LogP contribution in [0.25, 0.3) is 0 Å². The van der Waals surface area contributed by atoms with E-state index in [1.807, 2.05) is 6.07 Å². The Morgan fingerprint density at radius 3 is 2.31 bits per heavy atom. The van der Waals surface area contributed by atoms with Gasteiger partial charge in [0.2, 0.25) is 5.91 Å². The van der Waals surface area contributed by atoms with Gasteiger partial charge in [-0.05, 0) is 17.6 Å². The first kappa shape index (κ1) is 15.1. The highest BCUT2D eigenvalue weighted by Gasteiger charge is 2.17. The molecular weight excluding hydrogens is 220 g/mol. The number of anilines is 1. The maximum absolute atomic E-state index is 10.7. The summed E-state index contributed by atoms with van der Waals surface area (Å²) in [6.07, 6.45) is 1.25. The molecule has 0 spiro atoms. The molecule has 1 rings (SSSR count). The smallest absolute Gasteiger partial charge is 0.221 e. The van der Waals surface area contributed by atoms with Crippen LogP contribution >= 0.6 is 11.5 Å². The first-order valence-corrected chi connectivity index (χ1v) is 6.33. The zero-order valence-corrected chi connectivity index (χ0v) is 11.9. The monoisotopic (exact) mass is 244 g/mol. The number of carbonyl (C=O) groups excluding carboxylic acids is 1. The van der Waals surface area contributed by atoms with Crippen LogP contribution in [0.4, 0.5) is 5.00 Å². The summed E-state index contributed by atoms with van der Waals surface area (Å²) in [6.45, 7) is 12.0. The average Bonchev–Trinajstić information content (AvgIpc) is 2.51. The van der Waals surface area contributed by atoms with Gasteiger partial charge in [-0.25, -0.2) is 0 Å². The van der Waals surface area contributed by atoms with Crippen molar-refractivity contribution < 1.29 is 6.22 Å². The number of nitrogens with zero attached hydrogens (tertiary/aromatic N) is 1. The Hall–Kier alpha value is -0.900. The Morgan fingerprint density at radius 1 is 1.50 bits per heavy atom. The minimum absolute atomic E-state index is 0. The van der Waals surface area contributed by atoms with Crippen LogP contribution in [-0.2, 0) is 10.2 Å². The van der Waals surface area contributed by atoms with Crippen molar-refractivity contribution in [2.75, 3.05) is 5.32 Å². The first-order chi connectivity index (χ1) is 7.31. The zero-order chi connectivity index (χ0) is 12.8. The number of amides is 1. The highest BCUT2D eigenvalue weighted by atomic mass is 32.1. The topological polar surface area (TPSA) is 42.0 Å². The lowest BCUT2D eigenvalue weighted by atomic mass is 9.92. The second-order valence-corrected chi connectivity index (χ2v) is 5.52.